The van der Waals surface area contributed by atoms with Gasteiger partial charge in [-0.15, -0.1) is 0 Å². The maximum atomic E-state index is 3.66. The lowest BCUT2D eigenvalue weighted by Crippen LogP contribution is -2.10. The van der Waals surface area contributed by atoms with Crippen molar-refractivity contribution in [3.8, 4) is 11.8 Å². The van der Waals surface area contributed by atoms with E-state index in [0.717, 1.165) is 12.1 Å². The van der Waals surface area contributed by atoms with E-state index in [1.807, 2.05) is 25.9 Å². The maximum absolute atomic E-state index is 3.66. The normalized spacial score (nSPS) is 8.44. The molecule has 1 heteroatoms. The lowest BCUT2D eigenvalue weighted by atomic mass is 10.3. The Morgan fingerprint density at radius 2 is 2.11 bits per heavy atom. The van der Waals surface area contributed by atoms with Crippen LogP contribution in [0.25, 0.3) is 0 Å². The van der Waals surface area contributed by atoms with Gasteiger partial charge in [0.1, 0.15) is 0 Å². The zero-order chi connectivity index (χ0) is 7.28. The van der Waals surface area contributed by atoms with Crippen LogP contribution in [-0.4, -0.2) is 25.5 Å². The summed E-state index contributed by atoms with van der Waals surface area (Å²) in [6.07, 6.45) is 0. The highest BCUT2D eigenvalue weighted by Gasteiger charge is 1.79. The molecule has 0 aliphatic rings. The molecular formula is C8H13N. The summed E-state index contributed by atoms with van der Waals surface area (Å²) in [6, 6.07) is 0. The van der Waals surface area contributed by atoms with Crippen LogP contribution in [0.4, 0.5) is 0 Å². The maximum Gasteiger partial charge on any atom is 0.0600 e. The van der Waals surface area contributed by atoms with Crippen LogP contribution in [0, 0.1) is 11.8 Å². The quantitative estimate of drug-likeness (QED) is 0.472. The third kappa shape index (κ3) is 7.26. The van der Waals surface area contributed by atoms with Gasteiger partial charge in [0.25, 0.3) is 0 Å². The fourth-order valence-electron chi connectivity index (χ4n) is 0.349. The molecule has 0 N–H and O–H groups in total. The van der Waals surface area contributed by atoms with E-state index in [2.05, 4.69) is 18.4 Å². The van der Waals surface area contributed by atoms with Gasteiger partial charge >= 0.3 is 0 Å². The number of hydrogen-bond donors (Lipinski definition) is 0. The van der Waals surface area contributed by atoms with Crippen molar-refractivity contribution >= 4 is 0 Å². The molecule has 0 fully saturated rings. The molecular weight excluding hydrogens is 110 g/mol. The predicted molar refractivity (Wildman–Crippen MR) is 41.1 cm³/mol. The molecule has 0 aromatic rings. The van der Waals surface area contributed by atoms with E-state index >= 15 is 0 Å². The number of nitrogens with zero attached hydrogens (tertiary/aromatic N) is 1. The van der Waals surface area contributed by atoms with E-state index in [1.165, 1.54) is 0 Å². The molecule has 0 aliphatic carbocycles. The highest BCUT2D eigenvalue weighted by atomic mass is 15.0. The monoisotopic (exact) mass is 123 g/mol. The number of allylic oxidation sites excluding steroid dienone is 1. The largest absolute Gasteiger partial charge is 0.299 e. The van der Waals surface area contributed by atoms with E-state index in [4.69, 9.17) is 0 Å². The van der Waals surface area contributed by atoms with Gasteiger partial charge in [0.2, 0.25) is 0 Å². The van der Waals surface area contributed by atoms with E-state index < -0.39 is 0 Å². The average Bonchev–Trinajstić information content (AvgIpc) is 1.63. The standard InChI is InChI=1S/C8H13N/c1-8(2)6-5-7-9(3)4/h1,7H2,2-4H3. The van der Waals surface area contributed by atoms with E-state index in [-0.39, 0.29) is 0 Å². The first-order valence-electron chi connectivity index (χ1n) is 2.92. The van der Waals surface area contributed by atoms with E-state index in [9.17, 15) is 0 Å². The molecule has 0 spiro atoms. The summed E-state index contributed by atoms with van der Waals surface area (Å²) in [5, 5.41) is 0. The Hall–Kier alpha value is -0.740. The Morgan fingerprint density at radius 3 is 2.44 bits per heavy atom. The number of hydrogen-bond acceptors (Lipinski definition) is 1. The second kappa shape index (κ2) is 4.17. The first-order chi connectivity index (χ1) is 4.13. The lowest BCUT2D eigenvalue weighted by molar-refractivity contribution is 0.464. The Bertz CT molecular complexity index is 146. The van der Waals surface area contributed by atoms with E-state index in [0.29, 0.717) is 0 Å². The molecule has 0 rings (SSSR count). The van der Waals surface area contributed by atoms with Crippen molar-refractivity contribution < 1.29 is 0 Å². The molecule has 0 aromatic carbocycles. The fourth-order valence-corrected chi connectivity index (χ4v) is 0.349. The first-order valence-corrected chi connectivity index (χ1v) is 2.92. The minimum atomic E-state index is 0.812. The Kier molecular flexibility index (Phi) is 3.83. The molecule has 1 nitrogen and oxygen atoms in total. The first kappa shape index (κ1) is 8.26. The molecule has 0 bridgehead atoms. The molecule has 9 heavy (non-hydrogen) atoms. The summed E-state index contributed by atoms with van der Waals surface area (Å²) < 4.78 is 0. The van der Waals surface area contributed by atoms with Gasteiger partial charge in [-0.2, -0.15) is 0 Å². The predicted octanol–water partition coefficient (Wildman–Crippen LogP) is 1.13. The van der Waals surface area contributed by atoms with E-state index in [1.54, 1.807) is 0 Å². The summed E-state index contributed by atoms with van der Waals surface area (Å²) in [5.41, 5.74) is 0.928. The second-order valence-corrected chi connectivity index (χ2v) is 2.32. The molecule has 0 saturated carbocycles. The van der Waals surface area contributed by atoms with Crippen LogP contribution in [0.15, 0.2) is 12.2 Å². The lowest BCUT2D eigenvalue weighted by Gasteiger charge is -2.00. The van der Waals surface area contributed by atoms with Crippen molar-refractivity contribution in [1.82, 2.24) is 4.90 Å². The van der Waals surface area contributed by atoms with Crippen molar-refractivity contribution in [1.29, 1.82) is 0 Å². The van der Waals surface area contributed by atoms with Gasteiger partial charge in [0, 0.05) is 0 Å². The highest BCUT2D eigenvalue weighted by molar-refractivity contribution is 5.23. The fraction of sp³-hybridized carbons (Fsp3) is 0.500. The van der Waals surface area contributed by atoms with Gasteiger partial charge < -0.3 is 0 Å². The Balaban J connectivity index is 3.50. The van der Waals surface area contributed by atoms with Gasteiger partial charge in [-0.1, -0.05) is 18.4 Å². The Morgan fingerprint density at radius 1 is 1.56 bits per heavy atom. The second-order valence-electron chi connectivity index (χ2n) is 2.32. The molecule has 0 heterocycles. The van der Waals surface area contributed by atoms with Gasteiger partial charge in [0.15, 0.2) is 0 Å². The van der Waals surface area contributed by atoms with Crippen LogP contribution in [0.2, 0.25) is 0 Å². The van der Waals surface area contributed by atoms with Crippen LogP contribution in [0.5, 0.6) is 0 Å². The van der Waals surface area contributed by atoms with Crippen molar-refractivity contribution in [3.05, 3.63) is 12.2 Å². The van der Waals surface area contributed by atoms with Crippen molar-refractivity contribution in [3.63, 3.8) is 0 Å². The van der Waals surface area contributed by atoms with Gasteiger partial charge in [-0.05, 0) is 26.6 Å². The molecule has 0 saturated heterocycles. The minimum absolute atomic E-state index is 0.812. The summed E-state index contributed by atoms with van der Waals surface area (Å²) >= 11 is 0. The smallest absolute Gasteiger partial charge is 0.0600 e. The van der Waals surface area contributed by atoms with Crippen LogP contribution in [0.1, 0.15) is 6.92 Å². The highest BCUT2D eigenvalue weighted by Crippen LogP contribution is 1.79. The molecule has 0 aromatic heterocycles. The topological polar surface area (TPSA) is 3.24 Å². The van der Waals surface area contributed by atoms with Gasteiger partial charge in [-0.25, -0.2) is 0 Å². The molecule has 0 radical (unpaired) electrons. The van der Waals surface area contributed by atoms with Crippen molar-refractivity contribution in [2.24, 2.45) is 0 Å². The molecule has 0 amide bonds. The number of rotatable bonds is 1. The zero-order valence-electron chi connectivity index (χ0n) is 6.36. The van der Waals surface area contributed by atoms with Crippen molar-refractivity contribution in [2.45, 2.75) is 6.92 Å². The minimum Gasteiger partial charge on any atom is -0.299 e. The third-order valence-electron chi connectivity index (χ3n) is 0.697. The zero-order valence-corrected chi connectivity index (χ0v) is 6.36. The SMILES string of the molecule is C=C(C)C#CCN(C)C. The third-order valence-corrected chi connectivity index (χ3v) is 0.697. The molecule has 0 aliphatic heterocycles. The van der Waals surface area contributed by atoms with Crippen LogP contribution in [0.3, 0.4) is 0 Å². The summed E-state index contributed by atoms with van der Waals surface area (Å²) in [6.45, 7) is 6.38. The molecule has 0 atom stereocenters. The summed E-state index contributed by atoms with van der Waals surface area (Å²) in [4.78, 5) is 2.02. The van der Waals surface area contributed by atoms with Crippen LogP contribution in [-0.2, 0) is 0 Å². The van der Waals surface area contributed by atoms with Crippen LogP contribution < -0.4 is 0 Å². The van der Waals surface area contributed by atoms with Crippen LogP contribution >= 0.6 is 0 Å². The van der Waals surface area contributed by atoms with Crippen molar-refractivity contribution in [2.75, 3.05) is 20.6 Å². The Labute approximate surface area is 57.4 Å². The average molecular weight is 123 g/mol. The summed E-state index contributed by atoms with van der Waals surface area (Å²) in [7, 11) is 3.99. The molecule has 50 valence electrons. The summed E-state index contributed by atoms with van der Waals surface area (Å²) in [5.74, 6) is 5.85. The van der Waals surface area contributed by atoms with Gasteiger partial charge in [-0.3, -0.25) is 4.90 Å². The molecule has 0 unspecified atom stereocenters. The van der Waals surface area contributed by atoms with Gasteiger partial charge in [0.05, 0.1) is 6.54 Å².